The van der Waals surface area contributed by atoms with Crippen LogP contribution in [-0.4, -0.2) is 56.8 Å². The Morgan fingerprint density at radius 1 is 0.867 bits per heavy atom. The Morgan fingerprint density at radius 2 is 1.47 bits per heavy atom. The maximum atomic E-state index is 13.5. The Morgan fingerprint density at radius 3 is 2.13 bits per heavy atom. The number of carbonyl (C=O) groups excluding carboxylic acids is 4. The van der Waals surface area contributed by atoms with E-state index in [1.807, 2.05) is 0 Å². The summed E-state index contributed by atoms with van der Waals surface area (Å²) in [4.78, 5) is 56.3. The van der Waals surface area contributed by atoms with Gasteiger partial charge < -0.3 is 10.0 Å². The Kier molecular flexibility index (Phi) is 3.09. The lowest BCUT2D eigenvalue weighted by atomic mass is 9.81. The third-order valence-electron chi connectivity index (χ3n) is 6.76. The zero-order valence-electron chi connectivity index (χ0n) is 16.0. The number of imide groups is 1. The zero-order valence-corrected chi connectivity index (χ0v) is 16.0. The second kappa shape index (κ2) is 5.34. The quantitative estimate of drug-likeness (QED) is 0.712. The number of amides is 4. The van der Waals surface area contributed by atoms with Crippen LogP contribution in [0.3, 0.4) is 0 Å². The number of benzene rings is 2. The standard InChI is InChI=1S/C22H17N3O5/c1-11-17(26)25-15-9-5-4-8-14(15)22(30)10-16(20(29)23(11)21(22)25)24-18(27)12-6-2-3-7-13(12)19(24)28/h2-9,11,16,21,30H,10H2,1H3/t11-,16+,21-,22-/m0/s1. The van der Waals surface area contributed by atoms with E-state index >= 15 is 0 Å². The van der Waals surface area contributed by atoms with Crippen molar-refractivity contribution in [2.75, 3.05) is 4.90 Å². The zero-order chi connectivity index (χ0) is 20.9. The molecule has 0 aromatic heterocycles. The number of anilines is 1. The van der Waals surface area contributed by atoms with Crippen LogP contribution in [0.4, 0.5) is 5.69 Å². The second-order valence-electron chi connectivity index (χ2n) is 8.19. The van der Waals surface area contributed by atoms with Crippen molar-refractivity contribution in [3.63, 3.8) is 0 Å². The molecule has 0 aliphatic carbocycles. The fourth-order valence-electron chi connectivity index (χ4n) is 5.43. The van der Waals surface area contributed by atoms with Gasteiger partial charge in [-0.05, 0) is 25.1 Å². The number of para-hydroxylation sites is 1. The number of hydrogen-bond acceptors (Lipinski definition) is 5. The third kappa shape index (κ3) is 1.76. The van der Waals surface area contributed by atoms with E-state index in [1.54, 1.807) is 55.5 Å². The van der Waals surface area contributed by atoms with E-state index in [0.717, 1.165) is 4.90 Å². The monoisotopic (exact) mass is 403 g/mol. The molecule has 4 aliphatic rings. The molecule has 0 spiro atoms. The molecule has 4 heterocycles. The minimum absolute atomic E-state index is 0.161. The summed E-state index contributed by atoms with van der Waals surface area (Å²) in [6.45, 7) is 1.60. The first kappa shape index (κ1) is 17.3. The van der Waals surface area contributed by atoms with Gasteiger partial charge in [-0.25, -0.2) is 0 Å². The number of hydrogen-bond donors (Lipinski definition) is 1. The number of rotatable bonds is 1. The first-order chi connectivity index (χ1) is 14.4. The highest BCUT2D eigenvalue weighted by molar-refractivity contribution is 6.23. The molecule has 4 amide bonds. The van der Waals surface area contributed by atoms with E-state index in [4.69, 9.17) is 0 Å². The highest BCUT2D eigenvalue weighted by Gasteiger charge is 2.67. The number of carbonyl (C=O) groups is 4. The molecule has 30 heavy (non-hydrogen) atoms. The summed E-state index contributed by atoms with van der Waals surface area (Å²) in [5, 5.41) is 11.8. The minimum atomic E-state index is -1.58. The van der Waals surface area contributed by atoms with Gasteiger partial charge in [0, 0.05) is 12.0 Å². The molecular formula is C22H17N3O5. The lowest BCUT2D eigenvalue weighted by Gasteiger charge is -2.46. The van der Waals surface area contributed by atoms with Crippen LogP contribution in [0.25, 0.3) is 0 Å². The topological polar surface area (TPSA) is 98.2 Å². The second-order valence-corrected chi connectivity index (χ2v) is 8.19. The average Bonchev–Trinajstić information content (AvgIpc) is 3.27. The van der Waals surface area contributed by atoms with Gasteiger partial charge in [-0.3, -0.25) is 29.0 Å². The van der Waals surface area contributed by atoms with Crippen LogP contribution >= 0.6 is 0 Å². The summed E-state index contributed by atoms with van der Waals surface area (Å²) in [5.41, 5.74) is -0.0217. The summed E-state index contributed by atoms with van der Waals surface area (Å²) in [7, 11) is 0. The number of fused-ring (bicyclic) bond motifs is 4. The van der Waals surface area contributed by atoms with Gasteiger partial charge in [0.15, 0.2) is 0 Å². The molecule has 4 aliphatic heterocycles. The van der Waals surface area contributed by atoms with Crippen LogP contribution < -0.4 is 4.90 Å². The fraction of sp³-hybridized carbons (Fsp3) is 0.273. The summed E-state index contributed by atoms with van der Waals surface area (Å²) >= 11 is 0. The Balaban J connectivity index is 1.51. The number of aliphatic hydroxyl groups is 1. The van der Waals surface area contributed by atoms with Crippen LogP contribution in [0.2, 0.25) is 0 Å². The maximum absolute atomic E-state index is 13.5. The van der Waals surface area contributed by atoms with Crippen molar-refractivity contribution >= 4 is 29.3 Å². The summed E-state index contributed by atoms with van der Waals surface area (Å²) in [5.74, 6) is -1.91. The molecule has 0 unspecified atom stereocenters. The van der Waals surface area contributed by atoms with Gasteiger partial charge in [-0.2, -0.15) is 0 Å². The van der Waals surface area contributed by atoms with Gasteiger partial charge >= 0.3 is 0 Å². The van der Waals surface area contributed by atoms with E-state index in [-0.39, 0.29) is 23.5 Å². The molecule has 2 aromatic rings. The van der Waals surface area contributed by atoms with Crippen LogP contribution in [-0.2, 0) is 15.2 Å². The molecule has 1 N–H and O–H groups in total. The van der Waals surface area contributed by atoms with Gasteiger partial charge in [-0.15, -0.1) is 0 Å². The van der Waals surface area contributed by atoms with Crippen molar-refractivity contribution in [2.24, 2.45) is 0 Å². The van der Waals surface area contributed by atoms with Crippen LogP contribution in [0.1, 0.15) is 39.6 Å². The molecule has 2 fully saturated rings. The first-order valence-corrected chi connectivity index (χ1v) is 9.80. The summed E-state index contributed by atoms with van der Waals surface area (Å²) < 4.78 is 0. The van der Waals surface area contributed by atoms with Crippen molar-refractivity contribution in [3.8, 4) is 0 Å². The molecule has 6 rings (SSSR count). The highest BCUT2D eigenvalue weighted by atomic mass is 16.3. The van der Waals surface area contributed by atoms with E-state index in [1.165, 1.54) is 9.80 Å². The molecule has 150 valence electrons. The van der Waals surface area contributed by atoms with Crippen molar-refractivity contribution in [2.45, 2.75) is 37.2 Å². The van der Waals surface area contributed by atoms with E-state index in [9.17, 15) is 24.3 Å². The first-order valence-electron chi connectivity index (χ1n) is 9.80. The van der Waals surface area contributed by atoms with E-state index in [0.29, 0.717) is 11.3 Å². The van der Waals surface area contributed by atoms with Gasteiger partial charge in [-0.1, -0.05) is 30.3 Å². The van der Waals surface area contributed by atoms with Crippen molar-refractivity contribution in [3.05, 3.63) is 65.2 Å². The Hall–Kier alpha value is -3.52. The van der Waals surface area contributed by atoms with Gasteiger partial charge in [0.2, 0.25) is 5.91 Å². The molecule has 2 aromatic carbocycles. The molecule has 2 saturated heterocycles. The molecule has 0 saturated carbocycles. The van der Waals surface area contributed by atoms with Crippen molar-refractivity contribution in [1.29, 1.82) is 0 Å². The summed E-state index contributed by atoms with van der Waals surface area (Å²) in [6.07, 6.45) is -1.04. The van der Waals surface area contributed by atoms with Gasteiger partial charge in [0.25, 0.3) is 17.7 Å². The summed E-state index contributed by atoms with van der Waals surface area (Å²) in [6, 6.07) is 11.4. The predicted octanol–water partition coefficient (Wildman–Crippen LogP) is 0.846. The Labute approximate surface area is 171 Å². The predicted molar refractivity (Wildman–Crippen MR) is 103 cm³/mol. The van der Waals surface area contributed by atoms with Gasteiger partial charge in [0.1, 0.15) is 23.9 Å². The maximum Gasteiger partial charge on any atom is 0.262 e. The van der Waals surface area contributed by atoms with Crippen LogP contribution in [0.15, 0.2) is 48.5 Å². The highest BCUT2D eigenvalue weighted by Crippen LogP contribution is 2.54. The third-order valence-corrected chi connectivity index (χ3v) is 6.76. The lowest BCUT2D eigenvalue weighted by molar-refractivity contribution is -0.159. The van der Waals surface area contributed by atoms with E-state index < -0.39 is 41.6 Å². The smallest absolute Gasteiger partial charge is 0.262 e. The Bertz CT molecular complexity index is 1160. The number of nitrogens with zero attached hydrogens (tertiary/aromatic N) is 3. The van der Waals surface area contributed by atoms with Gasteiger partial charge in [0.05, 0.1) is 16.8 Å². The fourth-order valence-corrected chi connectivity index (χ4v) is 5.43. The van der Waals surface area contributed by atoms with Crippen molar-refractivity contribution < 1.29 is 24.3 Å². The average molecular weight is 403 g/mol. The van der Waals surface area contributed by atoms with E-state index in [2.05, 4.69) is 0 Å². The molecule has 8 nitrogen and oxygen atoms in total. The lowest BCUT2D eigenvalue weighted by Crippen LogP contribution is -2.66. The van der Waals surface area contributed by atoms with Crippen LogP contribution in [0.5, 0.6) is 0 Å². The molecule has 8 heteroatoms. The van der Waals surface area contributed by atoms with Crippen molar-refractivity contribution in [1.82, 2.24) is 9.80 Å². The molecule has 4 atom stereocenters. The largest absolute Gasteiger partial charge is 0.381 e. The molecule has 0 bridgehead atoms. The molecule has 0 radical (unpaired) electrons. The normalized spacial score (nSPS) is 31.4. The SMILES string of the molecule is C[C@H]1C(=O)N2c3ccccc3[C@@]3(O)C[C@@H](N4C(=O)c5ccccc5C4=O)C(=O)N1[C@@H]23. The molecular weight excluding hydrogens is 386 g/mol. The number of piperidine rings is 1. The van der Waals surface area contributed by atoms with Crippen LogP contribution in [0, 0.1) is 0 Å². The minimum Gasteiger partial charge on any atom is -0.381 e.